The molecule has 2 N–H and O–H groups in total. The third kappa shape index (κ3) is 3.91. The first-order valence-electron chi connectivity index (χ1n) is 4.47. The van der Waals surface area contributed by atoms with Crippen molar-refractivity contribution in [3.05, 3.63) is 5.01 Å². The number of likely N-dealkylation sites (N-methyl/N-ethyl adjacent to an activating group) is 1. The van der Waals surface area contributed by atoms with Crippen LogP contribution >= 0.6 is 23.1 Å². The van der Waals surface area contributed by atoms with Gasteiger partial charge in [-0.05, 0) is 20.4 Å². The van der Waals surface area contributed by atoms with Crippen LogP contribution in [-0.4, -0.2) is 40.8 Å². The number of aryl methyl sites for hydroxylation is 1. The summed E-state index contributed by atoms with van der Waals surface area (Å²) in [5.41, 5.74) is 0. The predicted octanol–water partition coefficient (Wildman–Crippen LogP) is 0.909. The molecule has 14 heavy (non-hydrogen) atoms. The lowest BCUT2D eigenvalue weighted by Gasteiger charge is -2.10. The van der Waals surface area contributed by atoms with Crippen LogP contribution in [0, 0.1) is 6.92 Å². The summed E-state index contributed by atoms with van der Waals surface area (Å²) in [6.45, 7) is 2.14. The highest BCUT2D eigenvalue weighted by Gasteiger charge is 2.05. The highest BCUT2D eigenvalue weighted by atomic mass is 32.2. The second kappa shape index (κ2) is 6.34. The second-order valence-corrected chi connectivity index (χ2v) is 5.42. The molecule has 1 rings (SSSR count). The summed E-state index contributed by atoms with van der Waals surface area (Å²) < 4.78 is 1.01. The summed E-state index contributed by atoms with van der Waals surface area (Å²) in [6, 6.07) is 0.191. The molecule has 0 aliphatic rings. The minimum Gasteiger partial charge on any atom is -0.395 e. The highest BCUT2D eigenvalue weighted by Crippen LogP contribution is 2.22. The molecule has 6 heteroatoms. The fourth-order valence-electron chi connectivity index (χ4n) is 0.952. The number of nitrogens with one attached hydrogen (secondary N) is 1. The average molecular weight is 233 g/mol. The molecule has 80 valence electrons. The van der Waals surface area contributed by atoms with Crippen LogP contribution in [0.15, 0.2) is 4.34 Å². The molecule has 0 spiro atoms. The van der Waals surface area contributed by atoms with Gasteiger partial charge in [0.1, 0.15) is 5.01 Å². The summed E-state index contributed by atoms with van der Waals surface area (Å²) in [5.74, 6) is 0.959. The molecule has 0 amide bonds. The molecule has 0 aliphatic heterocycles. The normalized spacial score (nSPS) is 13.1. The summed E-state index contributed by atoms with van der Waals surface area (Å²) in [4.78, 5) is 0. The standard InChI is InChI=1S/C8H15N3OS2/c1-6-10-11-8(14-6)13-4-3-7(5-12)9-2/h7,9,12H,3-5H2,1-2H3. The van der Waals surface area contributed by atoms with Crippen LogP contribution in [0.4, 0.5) is 0 Å². The lowest BCUT2D eigenvalue weighted by Crippen LogP contribution is -2.29. The Bertz CT molecular complexity index is 263. The van der Waals surface area contributed by atoms with E-state index in [-0.39, 0.29) is 12.6 Å². The van der Waals surface area contributed by atoms with Gasteiger partial charge in [0.15, 0.2) is 4.34 Å². The van der Waals surface area contributed by atoms with Gasteiger partial charge in [0.25, 0.3) is 0 Å². The molecular weight excluding hydrogens is 218 g/mol. The van der Waals surface area contributed by atoms with E-state index in [1.165, 1.54) is 0 Å². The number of hydrogen-bond donors (Lipinski definition) is 2. The molecule has 0 aliphatic carbocycles. The maximum atomic E-state index is 8.93. The zero-order chi connectivity index (χ0) is 10.4. The fourth-order valence-corrected chi connectivity index (χ4v) is 2.89. The number of aliphatic hydroxyl groups is 1. The maximum absolute atomic E-state index is 8.93. The van der Waals surface area contributed by atoms with Crippen LogP contribution in [0.3, 0.4) is 0 Å². The average Bonchev–Trinajstić information content (AvgIpc) is 2.59. The van der Waals surface area contributed by atoms with E-state index in [4.69, 9.17) is 5.11 Å². The Morgan fingerprint density at radius 1 is 1.57 bits per heavy atom. The van der Waals surface area contributed by atoms with Crippen molar-refractivity contribution in [1.82, 2.24) is 15.5 Å². The van der Waals surface area contributed by atoms with E-state index in [9.17, 15) is 0 Å². The van der Waals surface area contributed by atoms with Crippen LogP contribution < -0.4 is 5.32 Å². The summed E-state index contributed by atoms with van der Waals surface area (Å²) in [7, 11) is 1.86. The van der Waals surface area contributed by atoms with Gasteiger partial charge >= 0.3 is 0 Å². The van der Waals surface area contributed by atoms with E-state index in [0.717, 1.165) is 21.5 Å². The molecule has 0 aromatic carbocycles. The Morgan fingerprint density at radius 2 is 2.36 bits per heavy atom. The third-order valence-electron chi connectivity index (χ3n) is 1.83. The molecule has 0 radical (unpaired) electrons. The fraction of sp³-hybridized carbons (Fsp3) is 0.750. The molecule has 0 fully saturated rings. The SMILES string of the molecule is CNC(CO)CCSc1nnc(C)s1. The Balaban J connectivity index is 2.21. The first-order chi connectivity index (χ1) is 6.76. The monoisotopic (exact) mass is 233 g/mol. The number of aromatic nitrogens is 2. The molecule has 0 bridgehead atoms. The van der Waals surface area contributed by atoms with Gasteiger partial charge in [-0.3, -0.25) is 0 Å². The highest BCUT2D eigenvalue weighted by molar-refractivity contribution is 8.01. The minimum absolute atomic E-state index is 0.187. The van der Waals surface area contributed by atoms with E-state index in [1.807, 2.05) is 14.0 Å². The minimum atomic E-state index is 0.187. The molecular formula is C8H15N3OS2. The third-order valence-corrected chi connectivity index (χ3v) is 3.83. The summed E-state index contributed by atoms with van der Waals surface area (Å²) in [6.07, 6.45) is 0.941. The van der Waals surface area contributed by atoms with Gasteiger partial charge in [-0.1, -0.05) is 23.1 Å². The smallest absolute Gasteiger partial charge is 0.174 e. The van der Waals surface area contributed by atoms with Gasteiger partial charge in [-0.2, -0.15) is 0 Å². The van der Waals surface area contributed by atoms with Gasteiger partial charge in [0.2, 0.25) is 0 Å². The van der Waals surface area contributed by atoms with Crippen LogP contribution in [-0.2, 0) is 0 Å². The Labute approximate surface area is 92.1 Å². The maximum Gasteiger partial charge on any atom is 0.174 e. The van der Waals surface area contributed by atoms with Gasteiger partial charge in [0, 0.05) is 11.8 Å². The largest absolute Gasteiger partial charge is 0.395 e. The van der Waals surface area contributed by atoms with E-state index in [2.05, 4.69) is 15.5 Å². The first kappa shape index (κ1) is 11.9. The van der Waals surface area contributed by atoms with E-state index in [1.54, 1.807) is 23.1 Å². The Morgan fingerprint density at radius 3 is 2.86 bits per heavy atom. The second-order valence-electron chi connectivity index (χ2n) is 2.89. The van der Waals surface area contributed by atoms with Gasteiger partial charge < -0.3 is 10.4 Å². The number of nitrogens with zero attached hydrogens (tertiary/aromatic N) is 2. The first-order valence-corrected chi connectivity index (χ1v) is 6.27. The zero-order valence-corrected chi connectivity index (χ0v) is 9.99. The quantitative estimate of drug-likeness (QED) is 0.715. The number of thioether (sulfide) groups is 1. The van der Waals surface area contributed by atoms with Gasteiger partial charge in [-0.15, -0.1) is 10.2 Å². The van der Waals surface area contributed by atoms with Crippen molar-refractivity contribution in [1.29, 1.82) is 0 Å². The number of aliphatic hydroxyl groups excluding tert-OH is 1. The molecule has 0 saturated heterocycles. The van der Waals surface area contributed by atoms with Gasteiger partial charge in [0.05, 0.1) is 6.61 Å². The lowest BCUT2D eigenvalue weighted by atomic mass is 10.2. The van der Waals surface area contributed by atoms with Crippen LogP contribution in [0.2, 0.25) is 0 Å². The lowest BCUT2D eigenvalue weighted by molar-refractivity contribution is 0.246. The van der Waals surface area contributed by atoms with Crippen LogP contribution in [0.5, 0.6) is 0 Å². The van der Waals surface area contributed by atoms with Crippen molar-refractivity contribution in [3.8, 4) is 0 Å². The zero-order valence-electron chi connectivity index (χ0n) is 8.36. The molecule has 1 atom stereocenters. The van der Waals surface area contributed by atoms with Gasteiger partial charge in [-0.25, -0.2) is 0 Å². The van der Waals surface area contributed by atoms with Crippen molar-refractivity contribution in [2.75, 3.05) is 19.4 Å². The molecule has 1 aromatic heterocycles. The Hall–Kier alpha value is -0.170. The van der Waals surface area contributed by atoms with Crippen LogP contribution in [0.1, 0.15) is 11.4 Å². The van der Waals surface area contributed by atoms with Crippen molar-refractivity contribution in [2.45, 2.75) is 23.7 Å². The van der Waals surface area contributed by atoms with E-state index < -0.39 is 0 Å². The molecule has 1 aromatic rings. The van der Waals surface area contributed by atoms with Crippen LogP contribution in [0.25, 0.3) is 0 Å². The molecule has 1 heterocycles. The Kier molecular flexibility index (Phi) is 5.39. The van der Waals surface area contributed by atoms with E-state index >= 15 is 0 Å². The molecule has 0 saturated carbocycles. The number of hydrogen-bond acceptors (Lipinski definition) is 6. The molecule has 1 unspecified atom stereocenters. The topological polar surface area (TPSA) is 58.0 Å². The van der Waals surface area contributed by atoms with Crippen molar-refractivity contribution >= 4 is 23.1 Å². The van der Waals surface area contributed by atoms with Crippen molar-refractivity contribution < 1.29 is 5.11 Å². The summed E-state index contributed by atoms with van der Waals surface area (Å²) in [5, 5.41) is 20.9. The van der Waals surface area contributed by atoms with Crippen molar-refractivity contribution in [3.63, 3.8) is 0 Å². The predicted molar refractivity (Wildman–Crippen MR) is 59.9 cm³/mol. The molecule has 4 nitrogen and oxygen atoms in total. The van der Waals surface area contributed by atoms with E-state index in [0.29, 0.717) is 0 Å². The summed E-state index contributed by atoms with van der Waals surface area (Å²) >= 11 is 3.31. The number of rotatable bonds is 6. The van der Waals surface area contributed by atoms with Crippen molar-refractivity contribution in [2.24, 2.45) is 0 Å².